The topological polar surface area (TPSA) is 69.6 Å². The van der Waals surface area contributed by atoms with Crippen LogP contribution < -0.4 is 5.32 Å². The van der Waals surface area contributed by atoms with Crippen LogP contribution in [0.25, 0.3) is 0 Å². The SMILES string of the molecule is CC/C=C\C/C=C\C/C=C\C/C=C\CCCCC(=O)NC(CO)C(O)/C=C/CCCCCCCCCCCCCCCCCCCCCCCCCCCCCC. The molecule has 0 aromatic heterocycles. The van der Waals surface area contributed by atoms with Crippen LogP contribution >= 0.6 is 0 Å². The Hall–Kier alpha value is -1.91. The van der Waals surface area contributed by atoms with Crippen molar-refractivity contribution in [3.05, 3.63) is 60.8 Å². The van der Waals surface area contributed by atoms with Crippen LogP contribution in [0.1, 0.15) is 251 Å². The molecule has 0 heterocycles. The molecule has 1 amide bonds. The van der Waals surface area contributed by atoms with Crippen LogP contribution in [0, 0.1) is 0 Å². The molecule has 0 aromatic rings. The predicted molar refractivity (Wildman–Crippen MR) is 253 cm³/mol. The van der Waals surface area contributed by atoms with Crippen LogP contribution in [0.3, 0.4) is 0 Å². The molecule has 0 rings (SSSR count). The predicted octanol–water partition coefficient (Wildman–Crippen LogP) is 16.1. The van der Waals surface area contributed by atoms with E-state index < -0.39 is 12.1 Å². The molecule has 0 saturated carbocycles. The zero-order valence-electron chi connectivity index (χ0n) is 38.1. The van der Waals surface area contributed by atoms with E-state index in [1.807, 2.05) is 6.08 Å². The minimum atomic E-state index is -0.859. The molecule has 3 N–H and O–H groups in total. The van der Waals surface area contributed by atoms with Crippen LogP contribution in [-0.4, -0.2) is 34.9 Å². The number of carbonyl (C=O) groups excluding carboxylic acids is 1. The van der Waals surface area contributed by atoms with Crippen molar-refractivity contribution >= 4 is 5.91 Å². The van der Waals surface area contributed by atoms with Crippen LogP contribution in [0.15, 0.2) is 60.8 Å². The van der Waals surface area contributed by atoms with E-state index in [0.29, 0.717) is 6.42 Å². The van der Waals surface area contributed by atoms with Crippen molar-refractivity contribution in [2.45, 2.75) is 264 Å². The van der Waals surface area contributed by atoms with E-state index >= 15 is 0 Å². The monoisotopic (exact) mass is 796 g/mol. The molecule has 0 aliphatic heterocycles. The second-order valence-corrected chi connectivity index (χ2v) is 16.9. The number of carbonyl (C=O) groups is 1. The summed E-state index contributed by atoms with van der Waals surface area (Å²) < 4.78 is 0. The molecule has 0 radical (unpaired) electrons. The Morgan fingerprint density at radius 3 is 1.16 bits per heavy atom. The number of aliphatic hydroxyl groups excluding tert-OH is 2. The lowest BCUT2D eigenvalue weighted by Gasteiger charge is -2.19. The smallest absolute Gasteiger partial charge is 0.220 e. The maximum absolute atomic E-state index is 12.4. The first-order chi connectivity index (χ1) is 28.2. The molecule has 0 aliphatic rings. The van der Waals surface area contributed by atoms with Crippen molar-refractivity contribution in [2.75, 3.05) is 6.61 Å². The number of allylic oxidation sites excluding steroid dienone is 9. The van der Waals surface area contributed by atoms with E-state index in [-0.39, 0.29) is 12.5 Å². The van der Waals surface area contributed by atoms with Crippen molar-refractivity contribution in [3.8, 4) is 0 Å². The molecule has 0 aliphatic carbocycles. The lowest BCUT2D eigenvalue weighted by molar-refractivity contribution is -0.123. The fraction of sp³-hybridized carbons (Fsp3) is 0.792. The van der Waals surface area contributed by atoms with Gasteiger partial charge in [-0.2, -0.15) is 0 Å². The van der Waals surface area contributed by atoms with Gasteiger partial charge in [0.2, 0.25) is 5.91 Å². The molecule has 0 saturated heterocycles. The van der Waals surface area contributed by atoms with E-state index in [1.165, 1.54) is 173 Å². The highest BCUT2D eigenvalue weighted by molar-refractivity contribution is 5.76. The highest BCUT2D eigenvalue weighted by atomic mass is 16.3. The number of hydrogen-bond donors (Lipinski definition) is 3. The molecule has 332 valence electrons. The molecule has 4 heteroatoms. The highest BCUT2D eigenvalue weighted by Crippen LogP contribution is 2.17. The summed E-state index contributed by atoms with van der Waals surface area (Å²) in [7, 11) is 0. The first-order valence-corrected chi connectivity index (χ1v) is 25.0. The minimum absolute atomic E-state index is 0.104. The van der Waals surface area contributed by atoms with Crippen molar-refractivity contribution in [1.29, 1.82) is 0 Å². The largest absolute Gasteiger partial charge is 0.394 e. The standard InChI is InChI=1S/C53H97NO3/c1-3-5-7-9-11-13-15-17-19-20-21-22-23-24-25-26-27-28-29-30-31-32-33-35-36-38-40-42-44-46-48-52(56)51(50-55)54-53(57)49-47-45-43-41-39-37-34-18-16-14-12-10-8-6-4-2/h6,8,12,14,18,34,39,41,46,48,51-52,55-56H,3-5,7,9-11,13,15-17,19-33,35-38,40,42-45,47,49-50H2,1-2H3,(H,54,57)/b8-6-,14-12-,34-18-,41-39-,48-46+. The minimum Gasteiger partial charge on any atom is -0.394 e. The number of nitrogens with one attached hydrogen (secondary N) is 1. The molecule has 0 fully saturated rings. The lowest BCUT2D eigenvalue weighted by atomic mass is 10.0. The number of aliphatic hydroxyl groups is 2. The third kappa shape index (κ3) is 45.0. The van der Waals surface area contributed by atoms with Crippen molar-refractivity contribution in [3.63, 3.8) is 0 Å². The first kappa shape index (κ1) is 55.1. The van der Waals surface area contributed by atoms with Gasteiger partial charge in [0.15, 0.2) is 0 Å². The van der Waals surface area contributed by atoms with Gasteiger partial charge in [0.05, 0.1) is 18.8 Å². The molecule has 0 bridgehead atoms. The molecule has 57 heavy (non-hydrogen) atoms. The zero-order valence-corrected chi connectivity index (χ0v) is 38.1. The van der Waals surface area contributed by atoms with Crippen LogP contribution in [0.5, 0.6) is 0 Å². The van der Waals surface area contributed by atoms with Gasteiger partial charge in [0, 0.05) is 6.42 Å². The number of rotatable bonds is 45. The second-order valence-electron chi connectivity index (χ2n) is 16.9. The van der Waals surface area contributed by atoms with Crippen LogP contribution in [0.2, 0.25) is 0 Å². The third-order valence-corrected chi connectivity index (χ3v) is 11.3. The number of hydrogen-bond acceptors (Lipinski definition) is 3. The Bertz CT molecular complexity index is 950. The van der Waals surface area contributed by atoms with Crippen LogP contribution in [0.4, 0.5) is 0 Å². The summed E-state index contributed by atoms with van der Waals surface area (Å²) in [5, 5.41) is 23.0. The Balaban J connectivity index is 3.51. The van der Waals surface area contributed by atoms with Gasteiger partial charge in [0.1, 0.15) is 0 Å². The van der Waals surface area contributed by atoms with E-state index in [9.17, 15) is 15.0 Å². The van der Waals surface area contributed by atoms with Gasteiger partial charge >= 0.3 is 0 Å². The number of amides is 1. The highest BCUT2D eigenvalue weighted by Gasteiger charge is 2.17. The normalized spacial score (nSPS) is 13.4. The summed E-state index contributed by atoms with van der Waals surface area (Å²) >= 11 is 0. The zero-order chi connectivity index (χ0) is 41.4. The van der Waals surface area contributed by atoms with Crippen molar-refractivity contribution in [1.82, 2.24) is 5.32 Å². The van der Waals surface area contributed by atoms with E-state index in [0.717, 1.165) is 57.8 Å². The van der Waals surface area contributed by atoms with Gasteiger partial charge in [-0.15, -0.1) is 0 Å². The van der Waals surface area contributed by atoms with Gasteiger partial charge in [-0.05, 0) is 57.8 Å². The molecular formula is C53H97NO3. The van der Waals surface area contributed by atoms with Gasteiger partial charge in [-0.3, -0.25) is 4.79 Å². The first-order valence-electron chi connectivity index (χ1n) is 25.0. The van der Waals surface area contributed by atoms with Gasteiger partial charge in [0.25, 0.3) is 0 Å². The van der Waals surface area contributed by atoms with Gasteiger partial charge in [-0.1, -0.05) is 248 Å². The molecular weight excluding hydrogens is 699 g/mol. The Labute approximate surface area is 356 Å². The summed E-state index contributed by atoms with van der Waals surface area (Å²) in [4.78, 5) is 12.4. The summed E-state index contributed by atoms with van der Waals surface area (Å²) in [6, 6.07) is -0.647. The van der Waals surface area contributed by atoms with Gasteiger partial charge < -0.3 is 15.5 Å². The van der Waals surface area contributed by atoms with E-state index in [2.05, 4.69) is 67.8 Å². The van der Waals surface area contributed by atoms with E-state index in [4.69, 9.17) is 0 Å². The second kappa shape index (κ2) is 48.5. The molecule has 2 atom stereocenters. The lowest BCUT2D eigenvalue weighted by Crippen LogP contribution is -2.45. The van der Waals surface area contributed by atoms with Crippen LogP contribution in [-0.2, 0) is 4.79 Å². The van der Waals surface area contributed by atoms with Crippen molar-refractivity contribution < 1.29 is 15.0 Å². The molecule has 0 spiro atoms. The maximum atomic E-state index is 12.4. The maximum Gasteiger partial charge on any atom is 0.220 e. The third-order valence-electron chi connectivity index (χ3n) is 11.3. The fourth-order valence-electron chi connectivity index (χ4n) is 7.46. The molecule has 0 aromatic carbocycles. The Morgan fingerprint density at radius 1 is 0.439 bits per heavy atom. The average molecular weight is 796 g/mol. The van der Waals surface area contributed by atoms with Crippen molar-refractivity contribution in [2.24, 2.45) is 0 Å². The number of unbranched alkanes of at least 4 members (excludes halogenated alkanes) is 30. The molecule has 2 unspecified atom stereocenters. The average Bonchev–Trinajstić information content (AvgIpc) is 3.22. The summed E-state index contributed by atoms with van der Waals surface area (Å²) in [6.07, 6.45) is 68.0. The van der Waals surface area contributed by atoms with Gasteiger partial charge in [-0.25, -0.2) is 0 Å². The molecule has 4 nitrogen and oxygen atoms in total. The van der Waals surface area contributed by atoms with E-state index in [1.54, 1.807) is 6.08 Å². The fourth-order valence-corrected chi connectivity index (χ4v) is 7.46. The summed E-state index contributed by atoms with van der Waals surface area (Å²) in [6.45, 7) is 4.19. The summed E-state index contributed by atoms with van der Waals surface area (Å²) in [5.74, 6) is -0.104. The quantitative estimate of drug-likeness (QED) is 0.0425. The Morgan fingerprint density at radius 2 is 0.772 bits per heavy atom. The Kier molecular flexibility index (Phi) is 46.8. The summed E-state index contributed by atoms with van der Waals surface area (Å²) in [5.41, 5.74) is 0.